The number of benzene rings is 1. The third-order valence-corrected chi connectivity index (χ3v) is 4.64. The molecule has 0 atom stereocenters. The molecule has 0 fully saturated rings. The molecule has 0 aliphatic rings. The Balaban J connectivity index is 2.20. The first-order valence-electron chi connectivity index (χ1n) is 6.79. The van der Waals surface area contributed by atoms with Gasteiger partial charge in [-0.05, 0) is 30.7 Å². The highest BCUT2D eigenvalue weighted by atomic mass is 35.5. The fraction of sp³-hybridized carbons (Fsp3) is 0.125. The Bertz CT molecular complexity index is 962. The molecule has 0 saturated carbocycles. The smallest absolute Gasteiger partial charge is 0.282 e. The summed E-state index contributed by atoms with van der Waals surface area (Å²) in [5.74, 6) is -0.0735. The summed E-state index contributed by atoms with van der Waals surface area (Å²) in [6.45, 7) is 3.27. The van der Waals surface area contributed by atoms with Crippen molar-refractivity contribution < 1.29 is 4.79 Å². The predicted octanol–water partition coefficient (Wildman–Crippen LogP) is 3.52. The van der Waals surface area contributed by atoms with Crippen LogP contribution in [0.4, 0.5) is 0 Å². The highest BCUT2D eigenvalue weighted by Gasteiger charge is 2.16. The van der Waals surface area contributed by atoms with Crippen LogP contribution < -0.4 is 5.56 Å². The molecule has 0 radical (unpaired) electrons. The zero-order valence-corrected chi connectivity index (χ0v) is 14.0. The Morgan fingerprint density at radius 2 is 2.09 bits per heavy atom. The molecule has 0 spiro atoms. The van der Waals surface area contributed by atoms with E-state index >= 15 is 0 Å². The van der Waals surface area contributed by atoms with Crippen LogP contribution in [-0.2, 0) is 0 Å². The number of rotatable bonds is 3. The predicted molar refractivity (Wildman–Crippen MR) is 90.7 cm³/mol. The van der Waals surface area contributed by atoms with E-state index in [1.54, 1.807) is 37.4 Å². The quantitative estimate of drug-likeness (QED) is 0.681. The third-order valence-electron chi connectivity index (χ3n) is 3.29. The first-order valence-corrected chi connectivity index (χ1v) is 7.99. The van der Waals surface area contributed by atoms with Gasteiger partial charge in [0.05, 0.1) is 22.3 Å². The van der Waals surface area contributed by atoms with Gasteiger partial charge in [-0.15, -0.1) is 11.3 Å². The minimum Gasteiger partial charge on any atom is -0.294 e. The topological polar surface area (TPSA) is 64.8 Å². The number of hydrogen-bond donors (Lipinski definition) is 0. The number of carbonyl (C=O) groups is 1. The van der Waals surface area contributed by atoms with Crippen molar-refractivity contribution in [2.24, 2.45) is 0 Å². The van der Waals surface area contributed by atoms with Crippen molar-refractivity contribution in [3.8, 4) is 16.3 Å². The van der Waals surface area contributed by atoms with Gasteiger partial charge in [0, 0.05) is 18.1 Å². The van der Waals surface area contributed by atoms with Gasteiger partial charge in [0.1, 0.15) is 5.01 Å². The fourth-order valence-corrected chi connectivity index (χ4v) is 3.24. The van der Waals surface area contributed by atoms with E-state index in [9.17, 15) is 9.59 Å². The minimum absolute atomic E-state index is 0.0735. The van der Waals surface area contributed by atoms with E-state index in [4.69, 9.17) is 11.6 Å². The van der Waals surface area contributed by atoms with E-state index in [0.29, 0.717) is 31.7 Å². The molecule has 0 saturated heterocycles. The number of aryl methyl sites for hydroxylation is 1. The van der Waals surface area contributed by atoms with Gasteiger partial charge in [-0.2, -0.15) is 9.78 Å². The summed E-state index contributed by atoms with van der Waals surface area (Å²) in [7, 11) is 0. The number of carbonyl (C=O) groups excluding carboxylic acids is 1. The Hall–Kier alpha value is -2.31. The van der Waals surface area contributed by atoms with Crippen LogP contribution >= 0.6 is 22.9 Å². The van der Waals surface area contributed by atoms with Crippen LogP contribution in [0.3, 0.4) is 0 Å². The van der Waals surface area contributed by atoms with Gasteiger partial charge in [0.2, 0.25) is 0 Å². The van der Waals surface area contributed by atoms with Gasteiger partial charge in [0.25, 0.3) is 5.56 Å². The number of hydrogen-bond acceptors (Lipinski definition) is 5. The number of aromatic nitrogens is 3. The maximum absolute atomic E-state index is 12.8. The Labute approximate surface area is 141 Å². The Kier molecular flexibility index (Phi) is 4.11. The molecular formula is C16H12ClN3O2S. The van der Waals surface area contributed by atoms with Gasteiger partial charge in [-0.3, -0.25) is 9.59 Å². The lowest BCUT2D eigenvalue weighted by Crippen LogP contribution is -2.23. The average Bonchev–Trinajstić information content (AvgIpc) is 2.97. The molecule has 2 heterocycles. The molecule has 1 aromatic carbocycles. The lowest BCUT2D eigenvalue weighted by Gasteiger charge is -2.08. The fourth-order valence-electron chi connectivity index (χ4n) is 2.14. The molecule has 0 N–H and O–H groups in total. The van der Waals surface area contributed by atoms with E-state index in [2.05, 4.69) is 10.1 Å². The molecule has 0 aliphatic heterocycles. The second kappa shape index (κ2) is 6.06. The Morgan fingerprint density at radius 1 is 1.30 bits per heavy atom. The van der Waals surface area contributed by atoms with E-state index in [-0.39, 0.29) is 11.3 Å². The normalized spacial score (nSPS) is 10.7. The third kappa shape index (κ3) is 2.95. The summed E-state index contributed by atoms with van der Waals surface area (Å²) in [5.41, 5.74) is 1.43. The van der Waals surface area contributed by atoms with Crippen molar-refractivity contribution in [2.75, 3.05) is 0 Å². The number of thiazole rings is 1. The number of nitrogens with zero attached hydrogens (tertiary/aromatic N) is 3. The van der Waals surface area contributed by atoms with Crippen molar-refractivity contribution in [3.63, 3.8) is 0 Å². The second-order valence-corrected chi connectivity index (χ2v) is 6.45. The molecular weight excluding hydrogens is 334 g/mol. The SMILES string of the molecule is CC(=O)c1cnc(-c2c(C)cnn(-c3cccc(Cl)c3)c2=O)s1. The zero-order valence-electron chi connectivity index (χ0n) is 12.4. The average molecular weight is 346 g/mol. The molecule has 2 aromatic heterocycles. The summed E-state index contributed by atoms with van der Waals surface area (Å²) >= 11 is 7.18. The largest absolute Gasteiger partial charge is 0.294 e. The monoisotopic (exact) mass is 345 g/mol. The van der Waals surface area contributed by atoms with Gasteiger partial charge >= 0.3 is 0 Å². The van der Waals surface area contributed by atoms with Crippen LogP contribution in [0.15, 0.2) is 41.5 Å². The van der Waals surface area contributed by atoms with Crippen molar-refractivity contribution in [3.05, 3.63) is 62.5 Å². The van der Waals surface area contributed by atoms with Crippen LogP contribution in [-0.4, -0.2) is 20.5 Å². The number of ketones is 1. The zero-order chi connectivity index (χ0) is 16.6. The molecule has 0 aliphatic carbocycles. The van der Waals surface area contributed by atoms with E-state index < -0.39 is 0 Å². The summed E-state index contributed by atoms with van der Waals surface area (Å²) in [5, 5.41) is 5.20. The van der Waals surface area contributed by atoms with Crippen LogP contribution in [0.25, 0.3) is 16.3 Å². The maximum atomic E-state index is 12.8. The summed E-state index contributed by atoms with van der Waals surface area (Å²) < 4.78 is 1.28. The first-order chi connectivity index (χ1) is 11.0. The molecule has 3 rings (SSSR count). The van der Waals surface area contributed by atoms with Crippen molar-refractivity contribution >= 4 is 28.7 Å². The number of Topliss-reactive ketones (excluding diaryl/α,β-unsaturated/α-hetero) is 1. The van der Waals surface area contributed by atoms with Crippen molar-refractivity contribution in [2.45, 2.75) is 13.8 Å². The molecule has 7 heteroatoms. The standard InChI is InChI=1S/C16H12ClN3O2S/c1-9-7-19-20(12-5-3-4-11(17)6-12)16(22)14(9)15-18-8-13(23-15)10(2)21/h3-8H,1-2H3. The van der Waals surface area contributed by atoms with Gasteiger partial charge < -0.3 is 0 Å². The van der Waals surface area contributed by atoms with Crippen molar-refractivity contribution in [1.82, 2.24) is 14.8 Å². The van der Waals surface area contributed by atoms with Crippen molar-refractivity contribution in [1.29, 1.82) is 0 Å². The molecule has 0 amide bonds. The van der Waals surface area contributed by atoms with Crippen LogP contribution in [0.2, 0.25) is 5.02 Å². The molecule has 116 valence electrons. The van der Waals surface area contributed by atoms with Crippen LogP contribution in [0.5, 0.6) is 0 Å². The molecule has 0 bridgehead atoms. The summed E-state index contributed by atoms with van der Waals surface area (Å²) in [6.07, 6.45) is 3.10. The number of halogens is 1. The van der Waals surface area contributed by atoms with E-state index in [1.807, 2.05) is 0 Å². The highest BCUT2D eigenvalue weighted by Crippen LogP contribution is 2.25. The minimum atomic E-state index is -0.295. The summed E-state index contributed by atoms with van der Waals surface area (Å²) in [6, 6.07) is 6.90. The maximum Gasteiger partial charge on any atom is 0.282 e. The van der Waals surface area contributed by atoms with E-state index in [1.165, 1.54) is 29.1 Å². The van der Waals surface area contributed by atoms with Crippen LogP contribution in [0, 0.1) is 6.92 Å². The molecule has 0 unspecified atom stereocenters. The second-order valence-electron chi connectivity index (χ2n) is 4.99. The summed E-state index contributed by atoms with van der Waals surface area (Å²) in [4.78, 5) is 29.0. The lowest BCUT2D eigenvalue weighted by molar-refractivity contribution is 0.102. The Morgan fingerprint density at radius 3 is 2.74 bits per heavy atom. The van der Waals surface area contributed by atoms with Crippen LogP contribution in [0.1, 0.15) is 22.2 Å². The molecule has 23 heavy (non-hydrogen) atoms. The first kappa shape index (κ1) is 15.6. The lowest BCUT2D eigenvalue weighted by atomic mass is 10.2. The molecule has 5 nitrogen and oxygen atoms in total. The van der Waals surface area contributed by atoms with Gasteiger partial charge in [-0.1, -0.05) is 17.7 Å². The molecule has 3 aromatic rings. The van der Waals surface area contributed by atoms with E-state index in [0.717, 1.165) is 0 Å². The highest BCUT2D eigenvalue weighted by molar-refractivity contribution is 7.16. The van der Waals surface area contributed by atoms with Gasteiger partial charge in [0.15, 0.2) is 5.78 Å². The van der Waals surface area contributed by atoms with Gasteiger partial charge in [-0.25, -0.2) is 4.98 Å².